The molecular formula is C20H25N3OS. The quantitative estimate of drug-likeness (QED) is 0.601. The molecule has 0 aliphatic carbocycles. The summed E-state index contributed by atoms with van der Waals surface area (Å²) < 4.78 is 6.05. The number of ether oxygens (including phenoxy) is 1. The van der Waals surface area contributed by atoms with Gasteiger partial charge in [0.2, 0.25) is 0 Å². The van der Waals surface area contributed by atoms with E-state index in [9.17, 15) is 0 Å². The van der Waals surface area contributed by atoms with Crippen molar-refractivity contribution >= 4 is 28.1 Å². The Labute approximate surface area is 153 Å². The molecule has 3 rings (SSSR count). The third kappa shape index (κ3) is 4.69. The van der Waals surface area contributed by atoms with Crippen LogP contribution in [0.4, 0.5) is 5.82 Å². The lowest BCUT2D eigenvalue weighted by molar-refractivity contribution is 0.242. The summed E-state index contributed by atoms with van der Waals surface area (Å²) in [6.07, 6.45) is 5.25. The minimum atomic E-state index is 0.0625. The first-order chi connectivity index (χ1) is 12.2. The highest BCUT2D eigenvalue weighted by Gasteiger charge is 2.09. The van der Waals surface area contributed by atoms with Gasteiger partial charge >= 0.3 is 0 Å². The summed E-state index contributed by atoms with van der Waals surface area (Å²) in [5.74, 6) is 0.860. The molecule has 0 aliphatic heterocycles. The standard InChI is InChI=1S/C20H25N3OS/c1-4-5-6-16-10-19(25-12-16)24-15(3)11-21-20-17-9-14(2)7-8-18(17)22-13-23-20/h7-10,12-13,15H,4-6,11H2,1-3H3,(H,21,22,23). The lowest BCUT2D eigenvalue weighted by atomic mass is 10.1. The number of aromatic nitrogens is 2. The first-order valence-electron chi connectivity index (χ1n) is 8.85. The van der Waals surface area contributed by atoms with Gasteiger partial charge in [0.1, 0.15) is 18.2 Å². The molecule has 0 amide bonds. The number of nitrogens with zero attached hydrogens (tertiary/aromatic N) is 2. The first kappa shape index (κ1) is 17.7. The number of rotatable bonds is 8. The predicted octanol–water partition coefficient (Wildman–Crippen LogP) is 5.22. The number of anilines is 1. The fourth-order valence-electron chi connectivity index (χ4n) is 2.72. The van der Waals surface area contributed by atoms with E-state index < -0.39 is 0 Å². The fourth-order valence-corrected chi connectivity index (χ4v) is 3.61. The minimum absolute atomic E-state index is 0.0625. The monoisotopic (exact) mass is 355 g/mol. The van der Waals surface area contributed by atoms with Gasteiger partial charge in [0.25, 0.3) is 0 Å². The largest absolute Gasteiger partial charge is 0.479 e. The summed E-state index contributed by atoms with van der Waals surface area (Å²) in [7, 11) is 0. The van der Waals surface area contributed by atoms with Crippen LogP contribution in [0.2, 0.25) is 0 Å². The van der Waals surface area contributed by atoms with Crippen molar-refractivity contribution in [1.82, 2.24) is 9.97 Å². The van der Waals surface area contributed by atoms with Crippen LogP contribution in [0.25, 0.3) is 10.9 Å². The van der Waals surface area contributed by atoms with Crippen LogP contribution in [0.5, 0.6) is 5.06 Å². The second-order valence-corrected chi connectivity index (χ2v) is 7.30. The van der Waals surface area contributed by atoms with E-state index in [0.29, 0.717) is 6.54 Å². The van der Waals surface area contributed by atoms with E-state index in [1.807, 2.05) is 6.07 Å². The van der Waals surface area contributed by atoms with Crippen LogP contribution >= 0.6 is 11.3 Å². The number of unbranched alkanes of at least 4 members (excludes halogenated alkanes) is 1. The molecule has 25 heavy (non-hydrogen) atoms. The Kier molecular flexibility index (Phi) is 5.87. The number of thiophene rings is 1. The maximum atomic E-state index is 6.05. The van der Waals surface area contributed by atoms with Gasteiger partial charge in [0.15, 0.2) is 5.06 Å². The minimum Gasteiger partial charge on any atom is -0.479 e. The van der Waals surface area contributed by atoms with Gasteiger partial charge in [-0.2, -0.15) is 0 Å². The summed E-state index contributed by atoms with van der Waals surface area (Å²) in [5, 5.41) is 7.64. The number of fused-ring (bicyclic) bond motifs is 1. The van der Waals surface area contributed by atoms with Gasteiger partial charge in [-0.15, -0.1) is 11.3 Å². The Morgan fingerprint density at radius 3 is 2.96 bits per heavy atom. The maximum Gasteiger partial charge on any atom is 0.174 e. The van der Waals surface area contributed by atoms with Gasteiger partial charge in [0, 0.05) is 5.39 Å². The van der Waals surface area contributed by atoms with Gasteiger partial charge in [0.05, 0.1) is 12.1 Å². The highest BCUT2D eigenvalue weighted by atomic mass is 32.1. The lowest BCUT2D eigenvalue weighted by Crippen LogP contribution is -2.22. The van der Waals surface area contributed by atoms with E-state index in [4.69, 9.17) is 4.74 Å². The Morgan fingerprint density at radius 1 is 1.24 bits per heavy atom. The average Bonchev–Trinajstić information content (AvgIpc) is 3.05. The Morgan fingerprint density at radius 2 is 2.12 bits per heavy atom. The molecule has 3 aromatic rings. The second-order valence-electron chi connectivity index (χ2n) is 6.43. The van der Waals surface area contributed by atoms with E-state index >= 15 is 0 Å². The Bertz CT molecular complexity index is 831. The molecule has 2 aromatic heterocycles. The van der Waals surface area contributed by atoms with Gasteiger partial charge in [-0.3, -0.25) is 0 Å². The topological polar surface area (TPSA) is 47.0 Å². The van der Waals surface area contributed by atoms with E-state index in [2.05, 4.69) is 59.6 Å². The van der Waals surface area contributed by atoms with Gasteiger partial charge in [-0.05, 0) is 55.8 Å². The first-order valence-corrected chi connectivity index (χ1v) is 9.73. The van der Waals surface area contributed by atoms with E-state index in [-0.39, 0.29) is 6.10 Å². The molecule has 1 unspecified atom stereocenters. The SMILES string of the molecule is CCCCc1csc(OC(C)CNc2ncnc3ccc(C)cc23)c1. The van der Waals surface area contributed by atoms with Crippen molar-refractivity contribution in [3.05, 3.63) is 47.1 Å². The third-order valence-corrected chi connectivity index (χ3v) is 4.98. The Hall–Kier alpha value is -2.14. The smallest absolute Gasteiger partial charge is 0.174 e. The normalized spacial score (nSPS) is 12.3. The van der Waals surface area contributed by atoms with Gasteiger partial charge in [-0.25, -0.2) is 9.97 Å². The summed E-state index contributed by atoms with van der Waals surface area (Å²) >= 11 is 1.68. The molecule has 1 atom stereocenters. The van der Waals surface area contributed by atoms with E-state index in [1.54, 1.807) is 17.7 Å². The summed E-state index contributed by atoms with van der Waals surface area (Å²) in [6, 6.07) is 8.38. The highest BCUT2D eigenvalue weighted by molar-refractivity contribution is 7.12. The zero-order valence-corrected chi connectivity index (χ0v) is 15.9. The molecule has 1 N–H and O–H groups in total. The predicted molar refractivity (Wildman–Crippen MR) is 106 cm³/mol. The number of aryl methyl sites for hydroxylation is 2. The van der Waals surface area contributed by atoms with Crippen LogP contribution in [-0.2, 0) is 6.42 Å². The van der Waals surface area contributed by atoms with Crippen molar-refractivity contribution < 1.29 is 4.74 Å². The average molecular weight is 356 g/mol. The third-order valence-electron chi connectivity index (χ3n) is 4.11. The maximum absolute atomic E-state index is 6.05. The molecule has 0 fully saturated rings. The number of hydrogen-bond acceptors (Lipinski definition) is 5. The van der Waals surface area contributed by atoms with Crippen molar-refractivity contribution in [2.75, 3.05) is 11.9 Å². The molecule has 0 aliphatic rings. The summed E-state index contributed by atoms with van der Waals surface area (Å²) in [6.45, 7) is 7.07. The molecule has 0 bridgehead atoms. The van der Waals surface area contributed by atoms with Crippen LogP contribution in [0.3, 0.4) is 0 Å². The summed E-state index contributed by atoms with van der Waals surface area (Å²) in [4.78, 5) is 8.71. The zero-order valence-electron chi connectivity index (χ0n) is 15.1. The molecule has 0 spiro atoms. The second kappa shape index (κ2) is 8.30. The lowest BCUT2D eigenvalue weighted by Gasteiger charge is -2.15. The van der Waals surface area contributed by atoms with Crippen molar-refractivity contribution in [2.45, 2.75) is 46.1 Å². The molecule has 2 heterocycles. The number of nitrogens with one attached hydrogen (secondary N) is 1. The molecule has 1 aromatic carbocycles. The fraction of sp³-hybridized carbons (Fsp3) is 0.400. The molecule has 5 heteroatoms. The van der Waals surface area contributed by atoms with Crippen LogP contribution in [-0.4, -0.2) is 22.6 Å². The van der Waals surface area contributed by atoms with Crippen molar-refractivity contribution in [3.8, 4) is 5.06 Å². The van der Waals surface area contributed by atoms with Crippen LogP contribution in [0.1, 0.15) is 37.8 Å². The van der Waals surface area contributed by atoms with E-state index in [1.165, 1.54) is 24.0 Å². The van der Waals surface area contributed by atoms with Crippen LogP contribution in [0.15, 0.2) is 36.0 Å². The van der Waals surface area contributed by atoms with E-state index in [0.717, 1.165) is 28.2 Å². The van der Waals surface area contributed by atoms with Crippen molar-refractivity contribution in [2.24, 2.45) is 0 Å². The van der Waals surface area contributed by atoms with Gasteiger partial charge < -0.3 is 10.1 Å². The number of benzene rings is 1. The summed E-state index contributed by atoms with van der Waals surface area (Å²) in [5.41, 5.74) is 3.53. The zero-order chi connectivity index (χ0) is 17.6. The molecule has 0 radical (unpaired) electrons. The highest BCUT2D eigenvalue weighted by Crippen LogP contribution is 2.26. The molecular weight excluding hydrogens is 330 g/mol. The van der Waals surface area contributed by atoms with Crippen LogP contribution in [0, 0.1) is 6.92 Å². The molecule has 0 saturated carbocycles. The van der Waals surface area contributed by atoms with Crippen molar-refractivity contribution in [1.29, 1.82) is 0 Å². The van der Waals surface area contributed by atoms with Gasteiger partial charge in [-0.1, -0.05) is 25.0 Å². The molecule has 0 saturated heterocycles. The molecule has 4 nitrogen and oxygen atoms in total. The molecule has 132 valence electrons. The van der Waals surface area contributed by atoms with Crippen LogP contribution < -0.4 is 10.1 Å². The Balaban J connectivity index is 1.60. The number of hydrogen-bond donors (Lipinski definition) is 1. The van der Waals surface area contributed by atoms with Crippen molar-refractivity contribution in [3.63, 3.8) is 0 Å².